The van der Waals surface area contributed by atoms with Gasteiger partial charge in [-0.3, -0.25) is 34.8 Å². The van der Waals surface area contributed by atoms with Gasteiger partial charge in [0.25, 0.3) is 5.91 Å². The molecule has 0 aromatic heterocycles. The number of benzene rings is 2. The number of hydrazine groups is 1. The summed E-state index contributed by atoms with van der Waals surface area (Å²) >= 11 is 6.47. The maximum Gasteiger partial charge on any atom is 0.306 e. The fourth-order valence-electron chi connectivity index (χ4n) is 4.87. The lowest BCUT2D eigenvalue weighted by atomic mass is 9.92. The summed E-state index contributed by atoms with van der Waals surface area (Å²) in [6.07, 6.45) is -3.17. The Morgan fingerprint density at radius 3 is 2.35 bits per heavy atom. The topological polar surface area (TPSA) is 159 Å². The van der Waals surface area contributed by atoms with E-state index in [1.807, 2.05) is 13.8 Å². The molecule has 2 aromatic carbocycles. The Bertz CT molecular complexity index is 1450. The number of para-hydroxylation sites is 1. The first-order chi connectivity index (χ1) is 21.8. The second-order valence-corrected chi connectivity index (χ2v) is 11.7. The number of esters is 2. The van der Waals surface area contributed by atoms with Gasteiger partial charge in [0, 0.05) is 47.1 Å². The molecule has 1 aliphatic heterocycles. The number of methoxy groups -OCH3 is 2. The molecule has 0 aliphatic carbocycles. The number of carbonyl (C=O) groups excluding carboxylic acids is 5. The van der Waals surface area contributed by atoms with Crippen molar-refractivity contribution in [3.05, 3.63) is 52.5 Å². The average Bonchev–Trinajstić information content (AvgIpc) is 3.11. The standard InChI is InChI=1S/C32H40ClN3O10/c1-7-44-28(40)14-13-26(38)34-35-27(39)16-25-31(41)36(17-32(3,4)18-45-19(2)37)23-12-11-20(33)15-22(23)29(46-25)21-9-8-10-24(42-5)30(21)43-6/h8-12,15,25,29H,7,13-14,16-18H2,1-6H3,(H,34,38)(H,35,39)/t25-,29-/m1/s1. The van der Waals surface area contributed by atoms with Crippen LogP contribution in [0.15, 0.2) is 36.4 Å². The summed E-state index contributed by atoms with van der Waals surface area (Å²) in [5, 5.41) is 0.377. The van der Waals surface area contributed by atoms with Crippen molar-refractivity contribution in [2.45, 2.75) is 59.2 Å². The number of halogens is 1. The van der Waals surface area contributed by atoms with Crippen LogP contribution in [0.4, 0.5) is 5.69 Å². The Hall–Kier alpha value is -4.36. The molecule has 3 amide bonds. The van der Waals surface area contributed by atoms with Crippen molar-refractivity contribution < 1.29 is 47.7 Å². The summed E-state index contributed by atoms with van der Waals surface area (Å²) in [4.78, 5) is 64.2. The molecule has 13 nitrogen and oxygen atoms in total. The zero-order valence-electron chi connectivity index (χ0n) is 26.8. The second kappa shape index (κ2) is 16.3. The smallest absolute Gasteiger partial charge is 0.306 e. The molecule has 2 atom stereocenters. The fourth-order valence-corrected chi connectivity index (χ4v) is 5.05. The number of hydrogen-bond acceptors (Lipinski definition) is 10. The summed E-state index contributed by atoms with van der Waals surface area (Å²) < 4.78 is 27.7. The van der Waals surface area contributed by atoms with Crippen LogP contribution in [-0.2, 0) is 38.2 Å². The molecule has 250 valence electrons. The van der Waals surface area contributed by atoms with Gasteiger partial charge in [-0.15, -0.1) is 0 Å². The molecule has 0 saturated heterocycles. The molecule has 0 fully saturated rings. The average molecular weight is 662 g/mol. The highest BCUT2D eigenvalue weighted by atomic mass is 35.5. The first kappa shape index (κ1) is 36.1. The molecule has 0 unspecified atom stereocenters. The third-order valence-electron chi connectivity index (χ3n) is 6.95. The normalized spacial score (nSPS) is 16.1. The van der Waals surface area contributed by atoms with Crippen LogP contribution in [0.3, 0.4) is 0 Å². The van der Waals surface area contributed by atoms with E-state index in [9.17, 15) is 24.0 Å². The van der Waals surface area contributed by atoms with Gasteiger partial charge in [0.1, 0.15) is 12.2 Å². The summed E-state index contributed by atoms with van der Waals surface area (Å²) in [7, 11) is 2.96. The summed E-state index contributed by atoms with van der Waals surface area (Å²) in [5.74, 6) is -2.12. The Balaban J connectivity index is 2.00. The zero-order chi connectivity index (χ0) is 34.0. The van der Waals surface area contributed by atoms with Crippen molar-refractivity contribution in [1.29, 1.82) is 0 Å². The molecule has 2 aromatic rings. The van der Waals surface area contributed by atoms with Crippen LogP contribution < -0.4 is 25.2 Å². The molecule has 46 heavy (non-hydrogen) atoms. The molecule has 1 aliphatic rings. The third-order valence-corrected chi connectivity index (χ3v) is 7.18. The highest BCUT2D eigenvalue weighted by Crippen LogP contribution is 2.45. The summed E-state index contributed by atoms with van der Waals surface area (Å²) in [6, 6.07) is 10.2. The minimum absolute atomic E-state index is 0.0199. The number of fused-ring (bicyclic) bond motifs is 1. The largest absolute Gasteiger partial charge is 0.493 e. The highest BCUT2D eigenvalue weighted by Gasteiger charge is 2.41. The van der Waals surface area contributed by atoms with Gasteiger partial charge in [0.15, 0.2) is 11.5 Å². The van der Waals surface area contributed by atoms with Crippen LogP contribution in [0, 0.1) is 5.41 Å². The predicted molar refractivity (Wildman–Crippen MR) is 167 cm³/mol. The van der Waals surface area contributed by atoms with E-state index < -0.39 is 53.7 Å². The molecular formula is C32H40ClN3O10. The van der Waals surface area contributed by atoms with Gasteiger partial charge in [0.05, 0.1) is 40.3 Å². The summed E-state index contributed by atoms with van der Waals surface area (Å²) in [5.41, 5.74) is 5.31. The first-order valence-corrected chi connectivity index (χ1v) is 15.0. The van der Waals surface area contributed by atoms with Gasteiger partial charge in [-0.2, -0.15) is 0 Å². The lowest BCUT2D eigenvalue weighted by Gasteiger charge is -2.33. The van der Waals surface area contributed by atoms with Crippen molar-refractivity contribution in [3.63, 3.8) is 0 Å². The lowest BCUT2D eigenvalue weighted by Crippen LogP contribution is -2.48. The van der Waals surface area contributed by atoms with Crippen molar-refractivity contribution >= 4 is 46.9 Å². The highest BCUT2D eigenvalue weighted by molar-refractivity contribution is 6.30. The SMILES string of the molecule is CCOC(=O)CCC(=O)NNC(=O)C[C@H]1O[C@H](c2cccc(OC)c2OC)c2cc(Cl)ccc2N(CC(C)(C)COC(C)=O)C1=O. The van der Waals surface area contributed by atoms with Gasteiger partial charge in [-0.25, -0.2) is 0 Å². The lowest BCUT2D eigenvalue weighted by molar-refractivity contribution is -0.145. The van der Waals surface area contributed by atoms with Gasteiger partial charge in [-0.05, 0) is 31.2 Å². The number of nitrogens with zero attached hydrogens (tertiary/aromatic N) is 1. The maximum absolute atomic E-state index is 14.3. The number of amides is 3. The van der Waals surface area contributed by atoms with E-state index >= 15 is 0 Å². The molecule has 0 saturated carbocycles. The Morgan fingerprint density at radius 2 is 1.70 bits per heavy atom. The first-order valence-electron chi connectivity index (χ1n) is 14.6. The molecule has 0 spiro atoms. The van der Waals surface area contributed by atoms with Crippen LogP contribution >= 0.6 is 11.6 Å². The van der Waals surface area contributed by atoms with E-state index in [-0.39, 0.29) is 32.6 Å². The zero-order valence-corrected chi connectivity index (χ0v) is 27.5. The van der Waals surface area contributed by atoms with Crippen molar-refractivity contribution in [2.24, 2.45) is 5.41 Å². The van der Waals surface area contributed by atoms with Gasteiger partial charge >= 0.3 is 11.9 Å². The van der Waals surface area contributed by atoms with Crippen LogP contribution in [0.5, 0.6) is 11.5 Å². The van der Waals surface area contributed by atoms with Crippen molar-refractivity contribution in [3.8, 4) is 11.5 Å². The van der Waals surface area contributed by atoms with Crippen molar-refractivity contribution in [2.75, 3.05) is 38.9 Å². The van der Waals surface area contributed by atoms with E-state index in [0.29, 0.717) is 33.3 Å². The third kappa shape index (κ3) is 9.57. The monoisotopic (exact) mass is 661 g/mol. The molecular weight excluding hydrogens is 622 g/mol. The van der Waals surface area contributed by atoms with Crippen LogP contribution in [0.2, 0.25) is 5.02 Å². The quantitative estimate of drug-likeness (QED) is 0.240. The van der Waals surface area contributed by atoms with Crippen LogP contribution in [0.1, 0.15) is 64.2 Å². The van der Waals surface area contributed by atoms with Gasteiger partial charge < -0.3 is 28.6 Å². The minimum atomic E-state index is -1.35. The second-order valence-electron chi connectivity index (χ2n) is 11.3. The van der Waals surface area contributed by atoms with Gasteiger partial charge in [0.2, 0.25) is 11.8 Å². The van der Waals surface area contributed by atoms with E-state index in [1.165, 1.54) is 26.0 Å². The molecule has 2 N–H and O–H groups in total. The Morgan fingerprint density at radius 1 is 0.978 bits per heavy atom. The Labute approximate surface area is 272 Å². The number of nitrogens with one attached hydrogen (secondary N) is 2. The Kier molecular flexibility index (Phi) is 12.8. The number of hydrogen-bond donors (Lipinski definition) is 2. The predicted octanol–water partition coefficient (Wildman–Crippen LogP) is 3.65. The molecule has 0 bridgehead atoms. The number of carbonyl (C=O) groups is 5. The number of ether oxygens (including phenoxy) is 5. The van der Waals surface area contributed by atoms with Crippen LogP contribution in [0.25, 0.3) is 0 Å². The van der Waals surface area contributed by atoms with E-state index in [1.54, 1.807) is 43.3 Å². The number of rotatable bonds is 13. The van der Waals surface area contributed by atoms with Crippen LogP contribution in [-0.4, -0.2) is 69.7 Å². The van der Waals surface area contributed by atoms with E-state index in [4.69, 9.17) is 35.3 Å². The molecule has 3 rings (SSSR count). The molecule has 0 radical (unpaired) electrons. The summed E-state index contributed by atoms with van der Waals surface area (Å²) in [6.45, 7) is 6.91. The maximum atomic E-state index is 14.3. The van der Waals surface area contributed by atoms with E-state index in [2.05, 4.69) is 10.9 Å². The van der Waals surface area contributed by atoms with Gasteiger partial charge in [-0.1, -0.05) is 37.6 Å². The molecule has 14 heteroatoms. The molecule has 1 heterocycles. The number of anilines is 1. The van der Waals surface area contributed by atoms with E-state index in [0.717, 1.165) is 0 Å². The minimum Gasteiger partial charge on any atom is -0.493 e. The fraction of sp³-hybridized carbons (Fsp3) is 0.469. The van der Waals surface area contributed by atoms with Crippen molar-refractivity contribution in [1.82, 2.24) is 10.9 Å².